The summed E-state index contributed by atoms with van der Waals surface area (Å²) in [5.74, 6) is 0.0141. The summed E-state index contributed by atoms with van der Waals surface area (Å²) in [4.78, 5) is -0.0476. The van der Waals surface area contributed by atoms with Gasteiger partial charge in [-0.05, 0) is 37.0 Å². The van der Waals surface area contributed by atoms with E-state index < -0.39 is 15.8 Å². The molecule has 0 bridgehead atoms. The first-order valence-electron chi connectivity index (χ1n) is 6.11. The third-order valence-corrected chi connectivity index (χ3v) is 4.33. The number of hydrogen-bond acceptors (Lipinski definition) is 4. The molecule has 0 spiro atoms. The van der Waals surface area contributed by atoms with Gasteiger partial charge in [0.15, 0.2) is 0 Å². The standard InChI is InChI=1S/C12H17FN2O3S/c13-11-4-3-10(7-12(11)14)19(16,17)15-5-6-18-8-9-1-2-9/h3-4,7,9,15H,1-2,5-6,8,14H2. The molecule has 7 heteroatoms. The third kappa shape index (κ3) is 4.15. The fourth-order valence-electron chi connectivity index (χ4n) is 1.56. The Morgan fingerprint density at radius 2 is 2.16 bits per heavy atom. The molecule has 0 aromatic heterocycles. The molecule has 1 aliphatic carbocycles. The van der Waals surface area contributed by atoms with Crippen molar-refractivity contribution in [1.82, 2.24) is 4.72 Å². The number of rotatable bonds is 7. The lowest BCUT2D eigenvalue weighted by Gasteiger charge is -2.08. The number of benzene rings is 1. The van der Waals surface area contributed by atoms with E-state index in [4.69, 9.17) is 10.5 Å². The van der Waals surface area contributed by atoms with Crippen molar-refractivity contribution in [3.63, 3.8) is 0 Å². The number of ether oxygens (including phenoxy) is 1. The van der Waals surface area contributed by atoms with Crippen LogP contribution in [0.15, 0.2) is 23.1 Å². The Morgan fingerprint density at radius 3 is 2.79 bits per heavy atom. The number of nitrogen functional groups attached to an aromatic ring is 1. The molecule has 5 nitrogen and oxygen atoms in total. The minimum atomic E-state index is -3.66. The van der Waals surface area contributed by atoms with Crippen LogP contribution in [0.5, 0.6) is 0 Å². The molecule has 3 N–H and O–H groups in total. The van der Waals surface area contributed by atoms with Crippen molar-refractivity contribution in [3.8, 4) is 0 Å². The van der Waals surface area contributed by atoms with E-state index in [1.807, 2.05) is 0 Å². The summed E-state index contributed by atoms with van der Waals surface area (Å²) in [7, 11) is -3.66. The largest absolute Gasteiger partial charge is 0.396 e. The second kappa shape index (κ2) is 5.85. The van der Waals surface area contributed by atoms with Crippen molar-refractivity contribution >= 4 is 15.7 Å². The molecule has 0 heterocycles. The molecule has 0 amide bonds. The normalized spacial score (nSPS) is 15.6. The van der Waals surface area contributed by atoms with E-state index in [0.29, 0.717) is 19.1 Å². The molecule has 1 fully saturated rings. The van der Waals surface area contributed by atoms with Crippen molar-refractivity contribution in [1.29, 1.82) is 0 Å². The van der Waals surface area contributed by atoms with Crippen LogP contribution in [0.4, 0.5) is 10.1 Å². The van der Waals surface area contributed by atoms with Gasteiger partial charge in [0.2, 0.25) is 10.0 Å². The van der Waals surface area contributed by atoms with Crippen LogP contribution in [-0.4, -0.2) is 28.2 Å². The third-order valence-electron chi connectivity index (χ3n) is 2.87. The average Bonchev–Trinajstić information content (AvgIpc) is 3.16. The van der Waals surface area contributed by atoms with E-state index >= 15 is 0 Å². The Morgan fingerprint density at radius 1 is 1.42 bits per heavy atom. The predicted octanol–water partition coefficient (Wildman–Crippen LogP) is 1.11. The summed E-state index contributed by atoms with van der Waals surface area (Å²) in [5.41, 5.74) is 5.15. The number of hydrogen-bond donors (Lipinski definition) is 2. The van der Waals surface area contributed by atoms with Gasteiger partial charge in [0, 0.05) is 13.2 Å². The van der Waals surface area contributed by atoms with Crippen molar-refractivity contribution in [2.75, 3.05) is 25.5 Å². The van der Waals surface area contributed by atoms with Crippen LogP contribution in [0.1, 0.15) is 12.8 Å². The molecule has 0 unspecified atom stereocenters. The van der Waals surface area contributed by atoms with Gasteiger partial charge in [-0.25, -0.2) is 17.5 Å². The van der Waals surface area contributed by atoms with Crippen LogP contribution in [0.2, 0.25) is 0 Å². The zero-order valence-electron chi connectivity index (χ0n) is 10.4. The van der Waals surface area contributed by atoms with Crippen LogP contribution in [0.3, 0.4) is 0 Å². The minimum Gasteiger partial charge on any atom is -0.396 e. The Balaban J connectivity index is 1.84. The van der Waals surface area contributed by atoms with E-state index in [1.165, 1.54) is 18.9 Å². The van der Waals surface area contributed by atoms with Gasteiger partial charge in [-0.1, -0.05) is 0 Å². The molecule has 1 saturated carbocycles. The smallest absolute Gasteiger partial charge is 0.240 e. The molecule has 0 atom stereocenters. The molecule has 106 valence electrons. The van der Waals surface area contributed by atoms with Crippen molar-refractivity contribution in [2.24, 2.45) is 5.92 Å². The topological polar surface area (TPSA) is 81.4 Å². The van der Waals surface area contributed by atoms with Crippen molar-refractivity contribution < 1.29 is 17.5 Å². The zero-order chi connectivity index (χ0) is 13.9. The molecular formula is C12H17FN2O3S. The van der Waals surface area contributed by atoms with Gasteiger partial charge in [-0.15, -0.1) is 0 Å². The van der Waals surface area contributed by atoms with Gasteiger partial charge in [0.25, 0.3) is 0 Å². The molecule has 0 radical (unpaired) electrons. The van der Waals surface area contributed by atoms with Crippen LogP contribution in [-0.2, 0) is 14.8 Å². The van der Waals surface area contributed by atoms with E-state index in [9.17, 15) is 12.8 Å². The number of sulfonamides is 1. The molecule has 0 aliphatic heterocycles. The number of nitrogens with one attached hydrogen (secondary N) is 1. The van der Waals surface area contributed by atoms with E-state index in [2.05, 4.69) is 4.72 Å². The van der Waals surface area contributed by atoms with Crippen LogP contribution in [0, 0.1) is 11.7 Å². The second-order valence-corrected chi connectivity index (χ2v) is 6.37. The summed E-state index contributed by atoms with van der Waals surface area (Å²) in [6.07, 6.45) is 2.39. The summed E-state index contributed by atoms with van der Waals surface area (Å²) in [6.45, 7) is 1.20. The lowest BCUT2D eigenvalue weighted by Crippen LogP contribution is -2.27. The molecular weight excluding hydrogens is 271 g/mol. The van der Waals surface area contributed by atoms with Crippen LogP contribution >= 0.6 is 0 Å². The summed E-state index contributed by atoms with van der Waals surface area (Å²) in [6, 6.07) is 3.31. The molecule has 0 saturated heterocycles. The maximum atomic E-state index is 13.0. The number of anilines is 1. The Hall–Kier alpha value is -1.18. The number of nitrogens with two attached hydrogens (primary N) is 1. The molecule has 1 aliphatic rings. The van der Waals surface area contributed by atoms with E-state index in [-0.39, 0.29) is 17.1 Å². The first kappa shape index (κ1) is 14.2. The fourth-order valence-corrected chi connectivity index (χ4v) is 2.60. The summed E-state index contributed by atoms with van der Waals surface area (Å²) < 4.78 is 44.4. The summed E-state index contributed by atoms with van der Waals surface area (Å²) in [5, 5.41) is 0. The Bertz CT molecular complexity index is 544. The lowest BCUT2D eigenvalue weighted by atomic mass is 10.3. The highest BCUT2D eigenvalue weighted by atomic mass is 32.2. The quantitative estimate of drug-likeness (QED) is 0.582. The van der Waals surface area contributed by atoms with Gasteiger partial charge in [-0.3, -0.25) is 0 Å². The molecule has 2 rings (SSSR count). The average molecular weight is 288 g/mol. The molecule has 1 aromatic carbocycles. The predicted molar refractivity (Wildman–Crippen MR) is 69.5 cm³/mol. The molecule has 19 heavy (non-hydrogen) atoms. The van der Waals surface area contributed by atoms with Crippen LogP contribution < -0.4 is 10.5 Å². The Labute approximate surface area is 112 Å². The van der Waals surface area contributed by atoms with Crippen molar-refractivity contribution in [3.05, 3.63) is 24.0 Å². The van der Waals surface area contributed by atoms with Crippen molar-refractivity contribution in [2.45, 2.75) is 17.7 Å². The maximum absolute atomic E-state index is 13.0. The van der Waals surface area contributed by atoms with E-state index in [1.54, 1.807) is 0 Å². The highest BCUT2D eigenvalue weighted by Gasteiger charge is 2.21. The van der Waals surface area contributed by atoms with Gasteiger partial charge in [0.1, 0.15) is 5.82 Å². The van der Waals surface area contributed by atoms with E-state index in [0.717, 1.165) is 12.1 Å². The highest BCUT2D eigenvalue weighted by molar-refractivity contribution is 7.89. The molecule has 1 aromatic rings. The van der Waals surface area contributed by atoms with Crippen LogP contribution in [0.25, 0.3) is 0 Å². The number of halogens is 1. The minimum absolute atomic E-state index is 0.0476. The van der Waals surface area contributed by atoms with Gasteiger partial charge >= 0.3 is 0 Å². The SMILES string of the molecule is Nc1cc(S(=O)(=O)NCCOCC2CC2)ccc1F. The summed E-state index contributed by atoms with van der Waals surface area (Å²) >= 11 is 0. The van der Waals surface area contributed by atoms with Gasteiger partial charge in [-0.2, -0.15) is 0 Å². The van der Waals surface area contributed by atoms with Gasteiger partial charge in [0.05, 0.1) is 17.2 Å². The Kier molecular flexibility index (Phi) is 4.38. The lowest BCUT2D eigenvalue weighted by molar-refractivity contribution is 0.129. The zero-order valence-corrected chi connectivity index (χ0v) is 11.2. The first-order valence-corrected chi connectivity index (χ1v) is 7.60. The first-order chi connectivity index (χ1) is 8.99. The second-order valence-electron chi connectivity index (χ2n) is 4.60. The monoisotopic (exact) mass is 288 g/mol. The van der Waals surface area contributed by atoms with Gasteiger partial charge < -0.3 is 10.5 Å². The highest BCUT2D eigenvalue weighted by Crippen LogP contribution is 2.28. The fraction of sp³-hybridized carbons (Fsp3) is 0.500. The maximum Gasteiger partial charge on any atom is 0.240 e.